The van der Waals surface area contributed by atoms with Crippen LogP contribution in [0.3, 0.4) is 0 Å². The quantitative estimate of drug-likeness (QED) is 0.646. The number of carbonyl (C=O) groups excluding carboxylic acids is 1. The van der Waals surface area contributed by atoms with E-state index in [4.69, 9.17) is 16.6 Å². The van der Waals surface area contributed by atoms with Gasteiger partial charge in [0, 0.05) is 35.6 Å². The van der Waals surface area contributed by atoms with Gasteiger partial charge in [-0.05, 0) is 50.6 Å². The Morgan fingerprint density at radius 1 is 1.19 bits per heavy atom. The highest BCUT2D eigenvalue weighted by atomic mass is 35.5. The minimum atomic E-state index is 0.0793. The number of imidazole rings is 1. The normalized spacial score (nSPS) is 17.7. The van der Waals surface area contributed by atoms with Gasteiger partial charge in [0.1, 0.15) is 5.82 Å². The molecule has 1 atom stereocenters. The Bertz CT molecular complexity index is 992. The summed E-state index contributed by atoms with van der Waals surface area (Å²) in [5.74, 6) is 1.20. The lowest BCUT2D eigenvalue weighted by Crippen LogP contribution is -2.25. The van der Waals surface area contributed by atoms with Crippen molar-refractivity contribution in [3.8, 4) is 0 Å². The van der Waals surface area contributed by atoms with Crippen LogP contribution in [-0.2, 0) is 4.79 Å². The molecule has 0 unspecified atom stereocenters. The van der Waals surface area contributed by atoms with Crippen LogP contribution in [0.25, 0.3) is 11.0 Å². The summed E-state index contributed by atoms with van der Waals surface area (Å²) in [4.78, 5) is 19.5. The molecule has 1 aliphatic heterocycles. The number of rotatable bonds is 3. The zero-order valence-electron chi connectivity index (χ0n) is 15.2. The molecule has 3 aromatic rings. The van der Waals surface area contributed by atoms with E-state index in [0.29, 0.717) is 18.0 Å². The van der Waals surface area contributed by atoms with Gasteiger partial charge in [0.05, 0.1) is 11.0 Å². The van der Waals surface area contributed by atoms with Crippen LogP contribution in [0.15, 0.2) is 42.5 Å². The van der Waals surface area contributed by atoms with Crippen LogP contribution in [-0.4, -0.2) is 22.0 Å². The molecule has 26 heavy (non-hydrogen) atoms. The number of carbonyl (C=O) groups is 1. The van der Waals surface area contributed by atoms with E-state index in [9.17, 15) is 4.79 Å². The number of aromatic nitrogens is 2. The Morgan fingerprint density at radius 3 is 2.73 bits per heavy atom. The third-order valence-electron chi connectivity index (χ3n) is 5.09. The van der Waals surface area contributed by atoms with Gasteiger partial charge < -0.3 is 9.47 Å². The van der Waals surface area contributed by atoms with Crippen LogP contribution >= 0.6 is 11.6 Å². The number of hydrogen-bond acceptors (Lipinski definition) is 2. The van der Waals surface area contributed by atoms with Crippen molar-refractivity contribution in [3.63, 3.8) is 0 Å². The predicted octanol–water partition coefficient (Wildman–Crippen LogP) is 5.10. The van der Waals surface area contributed by atoms with Gasteiger partial charge in [0.15, 0.2) is 0 Å². The number of para-hydroxylation sites is 2. The third-order valence-corrected chi connectivity index (χ3v) is 5.33. The van der Waals surface area contributed by atoms with Gasteiger partial charge in [-0.2, -0.15) is 0 Å². The lowest BCUT2D eigenvalue weighted by Gasteiger charge is -2.20. The molecule has 134 valence electrons. The summed E-state index contributed by atoms with van der Waals surface area (Å²) in [6, 6.07) is 14.2. The average molecular weight is 368 g/mol. The molecular formula is C21H22ClN3O. The molecule has 1 aliphatic rings. The summed E-state index contributed by atoms with van der Waals surface area (Å²) in [6.45, 7) is 6.96. The van der Waals surface area contributed by atoms with Crippen LogP contribution in [0, 0.1) is 6.92 Å². The van der Waals surface area contributed by atoms with E-state index < -0.39 is 0 Å². The maximum Gasteiger partial charge on any atom is 0.227 e. The smallest absolute Gasteiger partial charge is 0.227 e. The van der Waals surface area contributed by atoms with Crippen LogP contribution in [0.1, 0.15) is 43.6 Å². The summed E-state index contributed by atoms with van der Waals surface area (Å²) in [5.41, 5.74) is 4.07. The van der Waals surface area contributed by atoms with Crippen molar-refractivity contribution in [2.75, 3.05) is 11.4 Å². The highest BCUT2D eigenvalue weighted by molar-refractivity contribution is 6.31. The lowest BCUT2D eigenvalue weighted by atomic mass is 10.1. The topological polar surface area (TPSA) is 38.1 Å². The molecule has 1 aromatic heterocycles. The Labute approximate surface area is 158 Å². The van der Waals surface area contributed by atoms with Crippen molar-refractivity contribution in [2.45, 2.75) is 39.2 Å². The fourth-order valence-corrected chi connectivity index (χ4v) is 4.05. The second-order valence-electron chi connectivity index (χ2n) is 7.26. The van der Waals surface area contributed by atoms with E-state index in [1.807, 2.05) is 48.2 Å². The van der Waals surface area contributed by atoms with Crippen molar-refractivity contribution >= 4 is 34.2 Å². The molecule has 4 nitrogen and oxygen atoms in total. The molecule has 0 saturated carbocycles. The first-order valence-corrected chi connectivity index (χ1v) is 9.37. The average Bonchev–Trinajstić information content (AvgIpc) is 3.17. The predicted molar refractivity (Wildman–Crippen MR) is 106 cm³/mol. The van der Waals surface area contributed by atoms with Crippen LogP contribution < -0.4 is 4.90 Å². The van der Waals surface area contributed by atoms with Crippen LogP contribution in [0.2, 0.25) is 5.02 Å². The minimum Gasteiger partial charge on any atom is -0.325 e. The molecule has 0 aliphatic carbocycles. The van der Waals surface area contributed by atoms with E-state index in [1.165, 1.54) is 0 Å². The van der Waals surface area contributed by atoms with Gasteiger partial charge in [-0.25, -0.2) is 4.98 Å². The number of nitrogens with zero attached hydrogens (tertiary/aromatic N) is 3. The minimum absolute atomic E-state index is 0.0793. The van der Waals surface area contributed by atoms with Crippen molar-refractivity contribution in [1.29, 1.82) is 0 Å². The van der Waals surface area contributed by atoms with Gasteiger partial charge in [-0.1, -0.05) is 29.8 Å². The highest BCUT2D eigenvalue weighted by Crippen LogP contribution is 2.36. The molecule has 0 N–H and O–H groups in total. The lowest BCUT2D eigenvalue weighted by molar-refractivity contribution is -0.117. The van der Waals surface area contributed by atoms with E-state index in [1.54, 1.807) is 0 Å². The van der Waals surface area contributed by atoms with Gasteiger partial charge in [-0.3, -0.25) is 4.79 Å². The van der Waals surface area contributed by atoms with Gasteiger partial charge in [-0.15, -0.1) is 0 Å². The molecule has 0 bridgehead atoms. The standard InChI is InChI=1S/C21H22ClN3O/c1-13(2)25-18-7-5-4-6-17(18)23-21(25)15-10-20(26)24(12-15)19-11-16(22)9-8-14(19)3/h4-9,11,13,15H,10,12H2,1-3H3/t15-/m0/s1. The number of amides is 1. The van der Waals surface area contributed by atoms with E-state index in [0.717, 1.165) is 28.1 Å². The Balaban J connectivity index is 1.75. The molecule has 2 heterocycles. The summed E-state index contributed by atoms with van der Waals surface area (Å²) in [6.07, 6.45) is 0.474. The molecule has 1 fully saturated rings. The van der Waals surface area contributed by atoms with Crippen molar-refractivity contribution in [1.82, 2.24) is 9.55 Å². The molecule has 1 amide bonds. The maximum absolute atomic E-state index is 12.8. The SMILES string of the molecule is Cc1ccc(Cl)cc1N1C[C@@H](c2nc3ccccc3n2C(C)C)CC1=O. The van der Waals surface area contributed by atoms with Gasteiger partial charge in [0.2, 0.25) is 5.91 Å². The van der Waals surface area contributed by atoms with E-state index in [2.05, 4.69) is 24.5 Å². The van der Waals surface area contributed by atoms with Crippen molar-refractivity contribution in [2.24, 2.45) is 0 Å². The summed E-state index contributed by atoms with van der Waals surface area (Å²) >= 11 is 6.16. The van der Waals surface area contributed by atoms with E-state index >= 15 is 0 Å². The Kier molecular flexibility index (Phi) is 4.23. The zero-order chi connectivity index (χ0) is 18.4. The molecular weight excluding hydrogens is 346 g/mol. The molecule has 4 rings (SSSR count). The number of anilines is 1. The number of halogens is 1. The van der Waals surface area contributed by atoms with Crippen molar-refractivity contribution in [3.05, 3.63) is 58.9 Å². The Morgan fingerprint density at radius 2 is 1.96 bits per heavy atom. The molecule has 2 aromatic carbocycles. The summed E-state index contributed by atoms with van der Waals surface area (Å²) in [7, 11) is 0. The van der Waals surface area contributed by atoms with Crippen LogP contribution in [0.5, 0.6) is 0 Å². The fraction of sp³-hybridized carbons (Fsp3) is 0.333. The highest BCUT2D eigenvalue weighted by Gasteiger charge is 2.35. The molecule has 1 saturated heterocycles. The number of benzene rings is 2. The first-order valence-electron chi connectivity index (χ1n) is 8.99. The fourth-order valence-electron chi connectivity index (χ4n) is 3.88. The molecule has 0 spiro atoms. The monoisotopic (exact) mass is 367 g/mol. The Hall–Kier alpha value is -2.33. The summed E-state index contributed by atoms with van der Waals surface area (Å²) < 4.78 is 2.27. The van der Waals surface area contributed by atoms with Crippen molar-refractivity contribution < 1.29 is 4.79 Å². The number of hydrogen-bond donors (Lipinski definition) is 0. The zero-order valence-corrected chi connectivity index (χ0v) is 16.0. The maximum atomic E-state index is 12.8. The largest absolute Gasteiger partial charge is 0.325 e. The van der Waals surface area contributed by atoms with E-state index in [-0.39, 0.29) is 17.9 Å². The first kappa shape index (κ1) is 17.1. The number of aryl methyl sites for hydroxylation is 1. The second kappa shape index (κ2) is 6.44. The molecule has 5 heteroatoms. The second-order valence-corrected chi connectivity index (χ2v) is 7.70. The van der Waals surface area contributed by atoms with Gasteiger partial charge >= 0.3 is 0 Å². The third kappa shape index (κ3) is 2.78. The van der Waals surface area contributed by atoms with Crippen LogP contribution in [0.4, 0.5) is 5.69 Å². The summed E-state index contributed by atoms with van der Waals surface area (Å²) in [5, 5.41) is 0.649. The van der Waals surface area contributed by atoms with Gasteiger partial charge in [0.25, 0.3) is 0 Å². The first-order chi connectivity index (χ1) is 12.5. The molecule has 0 radical (unpaired) electrons. The number of fused-ring (bicyclic) bond motifs is 1.